The van der Waals surface area contributed by atoms with Crippen LogP contribution in [0, 0.1) is 0 Å². The van der Waals surface area contributed by atoms with Gasteiger partial charge in [0.05, 0.1) is 29.6 Å². The molecule has 0 bridgehead atoms. The summed E-state index contributed by atoms with van der Waals surface area (Å²) in [7, 11) is 1.44. The minimum Gasteiger partial charge on any atom is -0.497 e. The molecule has 0 spiro atoms. The molecule has 0 unspecified atom stereocenters. The Morgan fingerprint density at radius 3 is 2.63 bits per heavy atom. The van der Waals surface area contributed by atoms with Crippen molar-refractivity contribution in [3.63, 3.8) is 0 Å². The van der Waals surface area contributed by atoms with Gasteiger partial charge in [-0.1, -0.05) is 0 Å². The number of alkyl halides is 3. The molecule has 0 fully saturated rings. The maximum Gasteiger partial charge on any atom is 0.416 e. The van der Waals surface area contributed by atoms with E-state index in [0.717, 1.165) is 12.1 Å². The molecular formula is C17H12BrF3N4O2. The van der Waals surface area contributed by atoms with E-state index in [0.29, 0.717) is 10.2 Å². The van der Waals surface area contributed by atoms with Gasteiger partial charge in [-0.15, -0.1) is 0 Å². The maximum atomic E-state index is 13.1. The van der Waals surface area contributed by atoms with Gasteiger partial charge in [0.15, 0.2) is 0 Å². The van der Waals surface area contributed by atoms with Crippen molar-refractivity contribution in [2.24, 2.45) is 0 Å². The lowest BCUT2D eigenvalue weighted by Crippen LogP contribution is -2.16. The van der Waals surface area contributed by atoms with E-state index in [1.807, 2.05) is 0 Å². The number of carbonyl (C=O) groups is 1. The lowest BCUT2D eigenvalue weighted by Gasteiger charge is -2.15. The third kappa shape index (κ3) is 4.11. The zero-order valence-corrected chi connectivity index (χ0v) is 15.4. The number of nitrogens with zero attached hydrogens (tertiary/aromatic N) is 3. The van der Waals surface area contributed by atoms with Gasteiger partial charge in [-0.05, 0) is 52.3 Å². The predicted molar refractivity (Wildman–Crippen MR) is 95.0 cm³/mol. The molecule has 1 N–H and O–H groups in total. The first-order valence-electron chi connectivity index (χ1n) is 7.50. The summed E-state index contributed by atoms with van der Waals surface area (Å²) in [6.45, 7) is 0. The molecule has 27 heavy (non-hydrogen) atoms. The van der Waals surface area contributed by atoms with Crippen LogP contribution in [0.5, 0.6) is 5.75 Å². The summed E-state index contributed by atoms with van der Waals surface area (Å²) in [4.78, 5) is 16.4. The van der Waals surface area contributed by atoms with Gasteiger partial charge in [0.1, 0.15) is 18.4 Å². The summed E-state index contributed by atoms with van der Waals surface area (Å²) in [5, 5.41) is 6.41. The minimum atomic E-state index is -4.56. The maximum absolute atomic E-state index is 13.1. The standard InChI is InChI=1S/C17H12BrF3N4O2/c1-27-11-3-4-13(18)12(7-11)16(26)24-14-6-10(17(19,20)21)2-5-15(14)25-9-22-8-23-25/h2-9H,1H3,(H,24,26). The number of hydrogen-bond donors (Lipinski definition) is 1. The van der Waals surface area contributed by atoms with Crippen molar-refractivity contribution in [3.05, 3.63) is 64.7 Å². The van der Waals surface area contributed by atoms with Crippen molar-refractivity contribution < 1.29 is 22.7 Å². The summed E-state index contributed by atoms with van der Waals surface area (Å²) >= 11 is 3.25. The average molecular weight is 441 g/mol. The number of carbonyl (C=O) groups excluding carboxylic acids is 1. The molecule has 0 aliphatic heterocycles. The fraction of sp³-hybridized carbons (Fsp3) is 0.118. The number of benzene rings is 2. The molecule has 1 aromatic heterocycles. The van der Waals surface area contributed by atoms with Crippen LogP contribution in [0.1, 0.15) is 15.9 Å². The van der Waals surface area contributed by atoms with Crippen molar-refractivity contribution in [1.29, 1.82) is 0 Å². The average Bonchev–Trinajstić information content (AvgIpc) is 3.15. The van der Waals surface area contributed by atoms with Crippen LogP contribution < -0.4 is 10.1 Å². The van der Waals surface area contributed by atoms with Crippen molar-refractivity contribution in [2.45, 2.75) is 6.18 Å². The highest BCUT2D eigenvalue weighted by atomic mass is 79.9. The van der Waals surface area contributed by atoms with Crippen LogP contribution in [0.25, 0.3) is 5.69 Å². The zero-order valence-electron chi connectivity index (χ0n) is 13.8. The summed E-state index contributed by atoms with van der Waals surface area (Å²) in [6.07, 6.45) is -2.00. The van der Waals surface area contributed by atoms with Crippen LogP contribution in [0.2, 0.25) is 0 Å². The topological polar surface area (TPSA) is 69.0 Å². The zero-order chi connectivity index (χ0) is 19.6. The third-order valence-corrected chi connectivity index (χ3v) is 4.35. The molecule has 0 aliphatic carbocycles. The molecule has 0 radical (unpaired) electrons. The van der Waals surface area contributed by atoms with E-state index < -0.39 is 17.6 Å². The van der Waals surface area contributed by atoms with Crippen LogP contribution in [-0.4, -0.2) is 27.8 Å². The number of amides is 1. The van der Waals surface area contributed by atoms with E-state index in [1.54, 1.807) is 12.1 Å². The highest BCUT2D eigenvalue weighted by Gasteiger charge is 2.31. The first kappa shape index (κ1) is 18.9. The van der Waals surface area contributed by atoms with E-state index in [4.69, 9.17) is 4.74 Å². The van der Waals surface area contributed by atoms with Crippen molar-refractivity contribution in [3.8, 4) is 11.4 Å². The van der Waals surface area contributed by atoms with Gasteiger partial charge in [0.2, 0.25) is 0 Å². The predicted octanol–water partition coefficient (Wildman–Crippen LogP) is 4.31. The quantitative estimate of drug-likeness (QED) is 0.656. The normalized spacial score (nSPS) is 11.3. The molecule has 3 rings (SSSR count). The highest BCUT2D eigenvalue weighted by Crippen LogP contribution is 2.34. The van der Waals surface area contributed by atoms with Gasteiger partial charge in [0, 0.05) is 4.47 Å². The molecule has 2 aromatic carbocycles. The largest absolute Gasteiger partial charge is 0.497 e. The fourth-order valence-corrected chi connectivity index (χ4v) is 2.77. The first-order chi connectivity index (χ1) is 12.8. The van der Waals surface area contributed by atoms with Crippen LogP contribution in [-0.2, 0) is 6.18 Å². The number of hydrogen-bond acceptors (Lipinski definition) is 4. The Balaban J connectivity index is 2.03. The monoisotopic (exact) mass is 440 g/mol. The Morgan fingerprint density at radius 1 is 1.22 bits per heavy atom. The molecule has 6 nitrogen and oxygen atoms in total. The van der Waals surface area contributed by atoms with Crippen molar-refractivity contribution >= 4 is 27.5 Å². The van der Waals surface area contributed by atoms with E-state index in [1.165, 1.54) is 36.6 Å². The molecule has 1 heterocycles. The first-order valence-corrected chi connectivity index (χ1v) is 8.30. The molecule has 0 saturated heterocycles. The van der Waals surface area contributed by atoms with Crippen LogP contribution >= 0.6 is 15.9 Å². The lowest BCUT2D eigenvalue weighted by atomic mass is 10.1. The number of aromatic nitrogens is 3. The summed E-state index contributed by atoms with van der Waals surface area (Å²) in [5.74, 6) is -0.176. The van der Waals surface area contributed by atoms with Gasteiger partial charge in [-0.2, -0.15) is 18.3 Å². The Hall–Kier alpha value is -2.88. The number of halogens is 4. The van der Waals surface area contributed by atoms with Crippen LogP contribution in [0.4, 0.5) is 18.9 Å². The second-order valence-corrected chi connectivity index (χ2v) is 6.22. The molecule has 0 aliphatic rings. The molecule has 1 amide bonds. The van der Waals surface area contributed by atoms with E-state index in [9.17, 15) is 18.0 Å². The lowest BCUT2D eigenvalue weighted by molar-refractivity contribution is -0.137. The summed E-state index contributed by atoms with van der Waals surface area (Å²) in [5.41, 5.74) is -0.509. The Kier molecular flexibility index (Phi) is 5.17. The number of anilines is 1. The Bertz CT molecular complexity index is 975. The van der Waals surface area contributed by atoms with Crippen LogP contribution in [0.3, 0.4) is 0 Å². The summed E-state index contributed by atoms with van der Waals surface area (Å²) in [6, 6.07) is 7.71. The minimum absolute atomic E-state index is 0.0601. The van der Waals surface area contributed by atoms with Gasteiger partial charge in [0.25, 0.3) is 5.91 Å². The van der Waals surface area contributed by atoms with Crippen molar-refractivity contribution in [1.82, 2.24) is 14.8 Å². The number of methoxy groups -OCH3 is 1. The smallest absolute Gasteiger partial charge is 0.416 e. The Morgan fingerprint density at radius 2 is 2.00 bits per heavy atom. The molecule has 140 valence electrons. The molecular weight excluding hydrogens is 429 g/mol. The van der Waals surface area contributed by atoms with Gasteiger partial charge in [-0.25, -0.2) is 9.67 Å². The van der Waals surface area contributed by atoms with E-state index in [-0.39, 0.29) is 16.9 Å². The number of ether oxygens (including phenoxy) is 1. The SMILES string of the molecule is COc1ccc(Br)c(C(=O)Nc2cc(C(F)(F)F)ccc2-n2cncn2)c1. The van der Waals surface area contributed by atoms with Crippen LogP contribution in [0.15, 0.2) is 53.5 Å². The molecule has 10 heteroatoms. The summed E-state index contributed by atoms with van der Waals surface area (Å²) < 4.78 is 46.1. The van der Waals surface area contributed by atoms with Gasteiger partial charge < -0.3 is 10.1 Å². The van der Waals surface area contributed by atoms with Gasteiger partial charge >= 0.3 is 6.18 Å². The number of rotatable bonds is 4. The third-order valence-electron chi connectivity index (χ3n) is 3.66. The second-order valence-electron chi connectivity index (χ2n) is 5.37. The molecule has 3 aromatic rings. The van der Waals surface area contributed by atoms with E-state index in [2.05, 4.69) is 31.3 Å². The van der Waals surface area contributed by atoms with Crippen molar-refractivity contribution in [2.75, 3.05) is 12.4 Å². The van der Waals surface area contributed by atoms with Gasteiger partial charge in [-0.3, -0.25) is 4.79 Å². The van der Waals surface area contributed by atoms with E-state index >= 15 is 0 Å². The highest BCUT2D eigenvalue weighted by molar-refractivity contribution is 9.10. The molecule has 0 atom stereocenters. The Labute approximate surface area is 160 Å². The fourth-order valence-electron chi connectivity index (χ4n) is 2.34. The number of nitrogens with one attached hydrogen (secondary N) is 1. The molecule has 0 saturated carbocycles. The second kappa shape index (κ2) is 7.39.